The summed E-state index contributed by atoms with van der Waals surface area (Å²) < 4.78 is 5.42. The van der Waals surface area contributed by atoms with Crippen molar-refractivity contribution in [2.45, 2.75) is 44.9 Å². The van der Waals surface area contributed by atoms with Crippen molar-refractivity contribution in [2.75, 3.05) is 52.5 Å². The molecule has 7 heteroatoms. The molecule has 0 aliphatic carbocycles. The summed E-state index contributed by atoms with van der Waals surface area (Å²) in [6.45, 7) is 7.69. The zero-order valence-electron chi connectivity index (χ0n) is 14.8. The maximum absolute atomic E-state index is 12.2. The van der Waals surface area contributed by atoms with E-state index >= 15 is 0 Å². The molecular formula is C17H35Cl2N3O2. The first-order valence-electron chi connectivity index (χ1n) is 9.07. The van der Waals surface area contributed by atoms with Gasteiger partial charge in [0, 0.05) is 52.4 Å². The second kappa shape index (κ2) is 14.1. The fourth-order valence-corrected chi connectivity index (χ4v) is 3.41. The summed E-state index contributed by atoms with van der Waals surface area (Å²) in [5.74, 6) is 1.14. The molecule has 2 N–H and O–H groups in total. The van der Waals surface area contributed by atoms with E-state index < -0.39 is 0 Å². The van der Waals surface area contributed by atoms with Crippen LogP contribution in [-0.2, 0) is 9.53 Å². The van der Waals surface area contributed by atoms with Gasteiger partial charge in [0.2, 0.25) is 5.91 Å². The molecule has 0 saturated carbocycles. The van der Waals surface area contributed by atoms with E-state index in [0.29, 0.717) is 12.3 Å². The normalized spacial score (nSPS) is 19.5. The van der Waals surface area contributed by atoms with Crippen LogP contribution in [-0.4, -0.2) is 68.2 Å². The smallest absolute Gasteiger partial charge is 0.222 e. The molecule has 144 valence electrons. The van der Waals surface area contributed by atoms with E-state index in [4.69, 9.17) is 10.5 Å². The number of hydrogen-bond acceptors (Lipinski definition) is 4. The van der Waals surface area contributed by atoms with Crippen LogP contribution >= 0.6 is 24.8 Å². The lowest BCUT2D eigenvalue weighted by Crippen LogP contribution is -2.50. The summed E-state index contributed by atoms with van der Waals surface area (Å²) in [7, 11) is 0. The second-order valence-corrected chi connectivity index (χ2v) is 6.69. The average molecular weight is 384 g/mol. The van der Waals surface area contributed by atoms with Crippen LogP contribution < -0.4 is 5.73 Å². The summed E-state index contributed by atoms with van der Waals surface area (Å²) in [6, 6.07) is 0. The highest BCUT2D eigenvalue weighted by Crippen LogP contribution is 2.17. The lowest BCUT2D eigenvalue weighted by Gasteiger charge is -2.37. The minimum atomic E-state index is 0. The standard InChI is InChI=1S/C17H33N3O2.2ClH/c18-8-4-2-1-3-5-17(21)20-11-9-19(10-12-20)15-16-6-13-22-14-7-16;;/h16H,1-15,18H2;2*1H. The first-order valence-corrected chi connectivity index (χ1v) is 9.07. The van der Waals surface area contributed by atoms with Gasteiger partial charge in [0.05, 0.1) is 0 Å². The van der Waals surface area contributed by atoms with E-state index in [1.54, 1.807) is 0 Å². The zero-order chi connectivity index (χ0) is 15.6. The summed E-state index contributed by atoms with van der Waals surface area (Å²) in [5, 5.41) is 0. The maximum atomic E-state index is 12.2. The number of rotatable bonds is 8. The van der Waals surface area contributed by atoms with Crippen molar-refractivity contribution in [3.05, 3.63) is 0 Å². The van der Waals surface area contributed by atoms with E-state index in [1.807, 2.05) is 0 Å². The monoisotopic (exact) mass is 383 g/mol. The topological polar surface area (TPSA) is 58.8 Å². The quantitative estimate of drug-likeness (QED) is 0.653. The van der Waals surface area contributed by atoms with Crippen LogP contribution in [0.1, 0.15) is 44.9 Å². The predicted octanol–water partition coefficient (Wildman–Crippen LogP) is 2.31. The molecular weight excluding hydrogens is 349 g/mol. The number of halogens is 2. The molecule has 2 saturated heterocycles. The number of carbonyl (C=O) groups is 1. The fourth-order valence-electron chi connectivity index (χ4n) is 3.41. The van der Waals surface area contributed by atoms with Crippen molar-refractivity contribution in [1.29, 1.82) is 0 Å². The Morgan fingerprint density at radius 3 is 2.21 bits per heavy atom. The Hall–Kier alpha value is -0.0700. The van der Waals surface area contributed by atoms with Gasteiger partial charge in [-0.15, -0.1) is 24.8 Å². The van der Waals surface area contributed by atoms with Crippen molar-refractivity contribution >= 4 is 30.7 Å². The van der Waals surface area contributed by atoms with Crippen molar-refractivity contribution in [3.8, 4) is 0 Å². The lowest BCUT2D eigenvalue weighted by molar-refractivity contribution is -0.133. The summed E-state index contributed by atoms with van der Waals surface area (Å²) in [5.41, 5.74) is 5.48. The van der Waals surface area contributed by atoms with Crippen LogP contribution in [0.15, 0.2) is 0 Å². The van der Waals surface area contributed by atoms with Gasteiger partial charge in [-0.25, -0.2) is 0 Å². The van der Waals surface area contributed by atoms with Gasteiger partial charge in [-0.2, -0.15) is 0 Å². The van der Waals surface area contributed by atoms with Crippen LogP contribution in [0.2, 0.25) is 0 Å². The van der Waals surface area contributed by atoms with Gasteiger partial charge in [-0.3, -0.25) is 9.69 Å². The highest BCUT2D eigenvalue weighted by Gasteiger charge is 2.23. The second-order valence-electron chi connectivity index (χ2n) is 6.69. The van der Waals surface area contributed by atoms with Crippen molar-refractivity contribution in [3.63, 3.8) is 0 Å². The van der Waals surface area contributed by atoms with E-state index in [1.165, 1.54) is 19.4 Å². The third kappa shape index (κ3) is 8.86. The summed E-state index contributed by atoms with van der Waals surface area (Å²) >= 11 is 0. The van der Waals surface area contributed by atoms with Crippen LogP contribution in [0.4, 0.5) is 0 Å². The van der Waals surface area contributed by atoms with Crippen LogP contribution in [0.25, 0.3) is 0 Å². The third-order valence-corrected chi connectivity index (χ3v) is 4.93. The predicted molar refractivity (Wildman–Crippen MR) is 103 cm³/mol. The average Bonchev–Trinajstić information content (AvgIpc) is 2.56. The Morgan fingerprint density at radius 2 is 1.58 bits per heavy atom. The largest absolute Gasteiger partial charge is 0.381 e. The van der Waals surface area contributed by atoms with E-state index in [2.05, 4.69) is 9.80 Å². The molecule has 0 radical (unpaired) electrons. The molecule has 1 amide bonds. The Labute approximate surface area is 159 Å². The minimum absolute atomic E-state index is 0. The zero-order valence-corrected chi connectivity index (χ0v) is 16.4. The first-order chi connectivity index (χ1) is 10.8. The molecule has 24 heavy (non-hydrogen) atoms. The van der Waals surface area contributed by atoms with Crippen molar-refractivity contribution in [2.24, 2.45) is 11.7 Å². The number of amides is 1. The maximum Gasteiger partial charge on any atom is 0.222 e. The SMILES string of the molecule is Cl.Cl.NCCCCCCC(=O)N1CCN(CC2CCOCC2)CC1. The van der Waals surface area contributed by atoms with E-state index in [0.717, 1.165) is 77.5 Å². The van der Waals surface area contributed by atoms with Gasteiger partial charge in [0.15, 0.2) is 0 Å². The van der Waals surface area contributed by atoms with Crippen molar-refractivity contribution in [1.82, 2.24) is 9.80 Å². The fraction of sp³-hybridized carbons (Fsp3) is 0.941. The number of nitrogens with zero attached hydrogens (tertiary/aromatic N) is 2. The highest BCUT2D eigenvalue weighted by molar-refractivity contribution is 5.85. The molecule has 0 atom stereocenters. The molecule has 0 spiro atoms. The molecule has 2 rings (SSSR count). The number of ether oxygens (including phenoxy) is 1. The molecule has 2 aliphatic rings. The van der Waals surface area contributed by atoms with Crippen LogP contribution in [0.5, 0.6) is 0 Å². The molecule has 0 aromatic rings. The van der Waals surface area contributed by atoms with Crippen molar-refractivity contribution < 1.29 is 9.53 Å². The Morgan fingerprint density at radius 1 is 0.958 bits per heavy atom. The molecule has 0 aromatic carbocycles. The number of nitrogens with two attached hydrogens (primary N) is 1. The Bertz CT molecular complexity index is 321. The Kier molecular flexibility index (Phi) is 14.1. The van der Waals surface area contributed by atoms with Gasteiger partial charge >= 0.3 is 0 Å². The molecule has 0 bridgehead atoms. The third-order valence-electron chi connectivity index (χ3n) is 4.93. The van der Waals surface area contributed by atoms with Gasteiger partial charge in [0.1, 0.15) is 0 Å². The lowest BCUT2D eigenvalue weighted by atomic mass is 9.99. The van der Waals surface area contributed by atoms with Gasteiger partial charge < -0.3 is 15.4 Å². The molecule has 2 fully saturated rings. The minimum Gasteiger partial charge on any atom is -0.381 e. The van der Waals surface area contributed by atoms with Crippen LogP contribution in [0, 0.1) is 5.92 Å². The van der Waals surface area contributed by atoms with E-state index in [-0.39, 0.29) is 24.8 Å². The highest BCUT2D eigenvalue weighted by atomic mass is 35.5. The number of unbranched alkanes of at least 4 members (excludes halogenated alkanes) is 3. The van der Waals surface area contributed by atoms with Crippen LogP contribution in [0.3, 0.4) is 0 Å². The molecule has 5 nitrogen and oxygen atoms in total. The van der Waals surface area contributed by atoms with Gasteiger partial charge in [-0.1, -0.05) is 12.8 Å². The number of piperazine rings is 1. The van der Waals surface area contributed by atoms with Gasteiger partial charge in [-0.05, 0) is 38.1 Å². The number of carbonyl (C=O) groups excluding carboxylic acids is 1. The molecule has 0 unspecified atom stereocenters. The summed E-state index contributed by atoms with van der Waals surface area (Å²) in [6.07, 6.45) is 7.49. The first kappa shape index (κ1) is 23.9. The molecule has 2 aliphatic heterocycles. The Balaban J connectivity index is 0.00000264. The number of hydrogen-bond donors (Lipinski definition) is 1. The molecule has 0 aromatic heterocycles. The van der Waals surface area contributed by atoms with Gasteiger partial charge in [0.25, 0.3) is 0 Å². The molecule has 2 heterocycles. The summed E-state index contributed by atoms with van der Waals surface area (Å²) in [4.78, 5) is 16.8. The van der Waals surface area contributed by atoms with E-state index in [9.17, 15) is 4.79 Å².